The predicted molar refractivity (Wildman–Crippen MR) is 343 cm³/mol. The molecule has 96 heavy (non-hydrogen) atoms. The molecule has 0 amide bonds. The molecule has 28 heteroatoms. The molecule has 16 N–H and O–H groups in total. The number of aliphatic hydroxyl groups excluding tert-OH is 16. The Labute approximate surface area is 566 Å². The van der Waals surface area contributed by atoms with Crippen LogP contribution >= 0.6 is 0 Å². The first-order valence-corrected chi connectivity index (χ1v) is 36.3. The fraction of sp³-hybridized carbons (Fsp3) is 0.971. The van der Waals surface area contributed by atoms with Crippen LogP contribution in [0.5, 0.6) is 0 Å². The summed E-state index contributed by atoms with van der Waals surface area (Å²) in [4.78, 5) is 27.1. The van der Waals surface area contributed by atoms with Crippen molar-refractivity contribution in [2.24, 2.45) is 0 Å². The van der Waals surface area contributed by atoms with Crippen molar-refractivity contribution in [1.29, 1.82) is 0 Å². The predicted octanol–water partition coefficient (Wildman–Crippen LogP) is 1.87. The molecule has 0 radical (unpaired) electrons. The second kappa shape index (κ2) is 46.6. The molecule has 0 saturated carbocycles. The minimum Gasteiger partial charge on any atom is -0.463 e. The van der Waals surface area contributed by atoms with Gasteiger partial charge in [-0.2, -0.15) is 0 Å². The fourth-order valence-corrected chi connectivity index (χ4v) is 13.2. The summed E-state index contributed by atoms with van der Waals surface area (Å²) in [5.41, 5.74) is 0. The fourth-order valence-electron chi connectivity index (χ4n) is 13.2. The van der Waals surface area contributed by atoms with Gasteiger partial charge in [0.25, 0.3) is 0 Å². The van der Waals surface area contributed by atoms with Crippen molar-refractivity contribution in [3.8, 4) is 0 Å². The van der Waals surface area contributed by atoms with Crippen LogP contribution in [-0.4, -0.2) is 280 Å². The lowest BCUT2D eigenvalue weighted by Gasteiger charge is -2.42. The van der Waals surface area contributed by atoms with Gasteiger partial charge in [-0.3, -0.25) is 9.59 Å². The number of rotatable bonds is 42. The van der Waals surface area contributed by atoms with Crippen LogP contribution in [0.1, 0.15) is 232 Å². The molecule has 564 valence electrons. The van der Waals surface area contributed by atoms with E-state index < -0.39 is 173 Å². The van der Waals surface area contributed by atoms with Crippen molar-refractivity contribution >= 4 is 11.9 Å². The zero-order valence-corrected chi connectivity index (χ0v) is 56.9. The summed E-state index contributed by atoms with van der Waals surface area (Å²) in [6.07, 6.45) is -8.54. The van der Waals surface area contributed by atoms with Gasteiger partial charge < -0.3 is 129 Å². The number of hydrogen-bond donors (Lipinski definition) is 16. The number of ether oxygens (including phenoxy) is 10. The van der Waals surface area contributed by atoms with Crippen molar-refractivity contribution in [2.45, 2.75) is 392 Å². The van der Waals surface area contributed by atoms with Crippen LogP contribution in [0.4, 0.5) is 0 Å². The van der Waals surface area contributed by atoms with E-state index in [4.69, 9.17) is 47.4 Å². The lowest BCUT2D eigenvalue weighted by Crippen LogP contribution is -2.60. The highest BCUT2D eigenvalue weighted by Crippen LogP contribution is 2.32. The Morgan fingerprint density at radius 1 is 0.344 bits per heavy atom. The van der Waals surface area contributed by atoms with Gasteiger partial charge in [0.1, 0.15) is 111 Å². The Morgan fingerprint density at radius 2 is 0.625 bits per heavy atom. The SMILES string of the molecule is C[C@H](O)CCCCC[C@H](CCCCCCCCCCC[C@H]1CC(=O)OC[C@H]2O[C@H](O[C@@H](CCCCCCCCCCC[C@@H](CCCCC[C@H](C)O)O[C@@H]3O[C@H](CO)[C@H](O)[C@H](O)[C@H]3O)CC(=O)OC[C@H]3O[C@@H](O1)[C@H](O)[C@@H](O)[C@@H]3O)[C@H](O)[C@@H](O)[C@@H]2O)O[C@@H]1O[C@H](CO)[C@H](O)[C@H](O)[C@H]1O. The highest BCUT2D eigenvalue weighted by atomic mass is 16.7. The second-order valence-electron chi connectivity index (χ2n) is 27.7. The molecule has 5 aliphatic heterocycles. The number of carbonyl (C=O) groups excluding carboxylic acids is 2. The van der Waals surface area contributed by atoms with Crippen LogP contribution in [0.2, 0.25) is 0 Å². The first-order chi connectivity index (χ1) is 46.0. The molecule has 5 aliphatic rings. The van der Waals surface area contributed by atoms with E-state index in [-0.39, 0.29) is 50.1 Å². The average Bonchev–Trinajstić information content (AvgIpc) is 0.846. The summed E-state index contributed by atoms with van der Waals surface area (Å²) in [5.74, 6) is -1.58. The Kier molecular flexibility index (Phi) is 41.0. The molecule has 0 spiro atoms. The number of esters is 2. The number of hydrogen-bond acceptors (Lipinski definition) is 28. The zero-order chi connectivity index (χ0) is 70.1. The van der Waals surface area contributed by atoms with Gasteiger partial charge in [0, 0.05) is 0 Å². The van der Waals surface area contributed by atoms with E-state index in [0.717, 1.165) is 141 Å². The third kappa shape index (κ3) is 29.7. The monoisotopic (exact) mass is 1390 g/mol. The van der Waals surface area contributed by atoms with Gasteiger partial charge in [-0.15, -0.1) is 0 Å². The minimum absolute atomic E-state index is 0.284. The zero-order valence-electron chi connectivity index (χ0n) is 56.9. The van der Waals surface area contributed by atoms with Gasteiger partial charge in [0.15, 0.2) is 25.2 Å². The van der Waals surface area contributed by atoms with Crippen molar-refractivity contribution in [2.75, 3.05) is 26.4 Å². The second-order valence-corrected chi connectivity index (χ2v) is 27.7. The highest BCUT2D eigenvalue weighted by molar-refractivity contribution is 5.70. The van der Waals surface area contributed by atoms with Gasteiger partial charge >= 0.3 is 11.9 Å². The van der Waals surface area contributed by atoms with E-state index in [1.165, 1.54) is 0 Å². The maximum Gasteiger partial charge on any atom is 0.308 e. The smallest absolute Gasteiger partial charge is 0.308 e. The molecule has 5 rings (SSSR count). The van der Waals surface area contributed by atoms with Gasteiger partial charge in [0.2, 0.25) is 0 Å². The van der Waals surface area contributed by atoms with E-state index >= 15 is 0 Å². The third-order valence-corrected chi connectivity index (χ3v) is 19.3. The largest absolute Gasteiger partial charge is 0.463 e. The molecule has 0 unspecified atom stereocenters. The van der Waals surface area contributed by atoms with E-state index in [9.17, 15) is 91.3 Å². The number of cyclic esters (lactones) is 2. The molecule has 26 atom stereocenters. The summed E-state index contributed by atoms with van der Waals surface area (Å²) in [6.45, 7) is 1.28. The summed E-state index contributed by atoms with van der Waals surface area (Å²) >= 11 is 0. The summed E-state index contributed by atoms with van der Waals surface area (Å²) < 4.78 is 58.8. The van der Waals surface area contributed by atoms with E-state index in [0.29, 0.717) is 51.4 Å². The lowest BCUT2D eigenvalue weighted by molar-refractivity contribution is -0.316. The first kappa shape index (κ1) is 84.6. The molecular weight excluding hydrogens is 1260 g/mol. The van der Waals surface area contributed by atoms with E-state index in [1.807, 2.05) is 0 Å². The van der Waals surface area contributed by atoms with Crippen LogP contribution < -0.4 is 0 Å². The number of carbonyl (C=O) groups is 2. The van der Waals surface area contributed by atoms with Gasteiger partial charge in [0.05, 0.1) is 62.7 Å². The molecule has 0 aromatic carbocycles. The van der Waals surface area contributed by atoms with Crippen LogP contribution in [0.15, 0.2) is 0 Å². The van der Waals surface area contributed by atoms with Gasteiger partial charge in [-0.25, -0.2) is 0 Å². The van der Waals surface area contributed by atoms with Gasteiger partial charge in [-0.1, -0.05) is 154 Å². The minimum atomic E-state index is -1.78. The summed E-state index contributed by atoms with van der Waals surface area (Å²) in [5, 5.41) is 167. The molecule has 0 aromatic rings. The maximum absolute atomic E-state index is 13.5. The van der Waals surface area contributed by atoms with Crippen molar-refractivity contribution in [3.05, 3.63) is 0 Å². The molecule has 0 aliphatic carbocycles. The van der Waals surface area contributed by atoms with Crippen LogP contribution in [0, 0.1) is 0 Å². The Balaban J connectivity index is 1.05. The van der Waals surface area contributed by atoms with Crippen LogP contribution in [0.25, 0.3) is 0 Å². The molecule has 5 saturated heterocycles. The number of unbranched alkanes of at least 4 members (excludes halogenated alkanes) is 20. The lowest BCUT2D eigenvalue weighted by atomic mass is 9.98. The Bertz CT molecular complexity index is 1890. The average molecular weight is 1390 g/mol. The topological polar surface area (TPSA) is 450 Å². The molecular formula is C68H124O28. The number of fused-ring (bicyclic) bond motifs is 4. The van der Waals surface area contributed by atoms with Crippen molar-refractivity contribution < 1.29 is 139 Å². The van der Waals surface area contributed by atoms with E-state index in [2.05, 4.69) is 0 Å². The molecule has 5 heterocycles. The van der Waals surface area contributed by atoms with Gasteiger partial charge in [-0.05, 0) is 65.2 Å². The Hall–Kier alpha value is -2.02. The van der Waals surface area contributed by atoms with E-state index in [1.54, 1.807) is 13.8 Å². The summed E-state index contributed by atoms with van der Waals surface area (Å²) in [6, 6.07) is 0. The maximum atomic E-state index is 13.5. The third-order valence-electron chi connectivity index (χ3n) is 19.3. The van der Waals surface area contributed by atoms with Crippen LogP contribution in [-0.2, 0) is 57.0 Å². The van der Waals surface area contributed by atoms with Crippen molar-refractivity contribution in [3.63, 3.8) is 0 Å². The molecule has 5 fully saturated rings. The first-order valence-electron chi connectivity index (χ1n) is 36.3. The molecule has 4 bridgehead atoms. The standard InChI is InChI=1S/C68H124O28/c1-41(71)27-19-17-25-31-43(89-65-61(83)57(79)53(75)47(37-69)93-65)29-21-13-9-5-3-7-11-15-23-33-45-35-51(73)87-39-50-56(78)60(82)64(86)68(96-50)92-46(36-52(74)88-40-49-55(77)59(81)63(85)67(91-45)95-49)34-24-16-12-8-4-6-10-14-22-30-44(32-26-18-20-28-42(2)72)90-66-62(84)58(80)54(76)48(38-70)94-66/h41-50,53-72,75-86H,3-40H2,1-2H3/t41-,42-,43-,44-,45-,46-,47+,48+,49+,50+,53-,54-,55+,56+,57-,58-,59-,60-,61+,62+,63+,64+,65+,66+,67-,68+/m0/s1. The Morgan fingerprint density at radius 3 is 0.938 bits per heavy atom. The molecule has 28 nitrogen and oxygen atoms in total. The summed E-state index contributed by atoms with van der Waals surface area (Å²) in [7, 11) is 0. The molecule has 0 aromatic heterocycles. The quantitative estimate of drug-likeness (QED) is 0.0306. The number of aliphatic hydroxyl groups is 16. The van der Waals surface area contributed by atoms with Crippen molar-refractivity contribution in [1.82, 2.24) is 0 Å². The highest BCUT2D eigenvalue weighted by Gasteiger charge is 2.49. The normalized spacial score (nSPS) is 35.7. The van der Waals surface area contributed by atoms with Crippen LogP contribution in [0.3, 0.4) is 0 Å².